The van der Waals surface area contributed by atoms with Gasteiger partial charge in [-0.25, -0.2) is 28.8 Å². The van der Waals surface area contributed by atoms with Gasteiger partial charge in [0.25, 0.3) is 0 Å². The molecule has 0 aliphatic carbocycles. The molecule has 30 N–H and O–H groups in total. The molecule has 0 saturated heterocycles. The molecule has 19 heteroatoms. The van der Waals surface area contributed by atoms with Gasteiger partial charge >= 0.3 is 36.2 Å². The molecule has 0 spiro atoms. The molecule has 0 aromatic heterocycles. The Morgan fingerprint density at radius 3 is 0.360 bits per heavy atom. The van der Waals surface area contributed by atoms with Crippen LogP contribution in [0.15, 0.2) is 0 Å². The Morgan fingerprint density at radius 2 is 0.360 bits per heavy atom. The van der Waals surface area contributed by atoms with Crippen LogP contribution < -0.4 is 68.8 Å². The number of amides is 12. The van der Waals surface area contributed by atoms with Crippen LogP contribution in [0.25, 0.3) is 0 Å². The van der Waals surface area contributed by atoms with Gasteiger partial charge in [0.15, 0.2) is 0 Å². The maximum Gasteiger partial charge on any atom is 0.409 e. The fourth-order valence-electron chi connectivity index (χ4n) is 0. The fourth-order valence-corrected chi connectivity index (χ4v) is 0. The molecule has 25 heavy (non-hydrogen) atoms. The Balaban J connectivity index is -0.0000000309. The monoisotopic (exact) mass is 418 g/mol. The Hall–Kier alpha value is -2.89. The second-order valence-electron chi connectivity index (χ2n) is 2.80. The molecule has 18 nitrogen and oxygen atoms in total. The van der Waals surface area contributed by atoms with Gasteiger partial charge in [-0.1, -0.05) is 0 Å². The molecule has 150 valence electrons. The third kappa shape index (κ3) is 925. The van der Waals surface area contributed by atoms with Gasteiger partial charge in [-0.2, -0.15) is 0 Å². The zero-order chi connectivity index (χ0) is 21.5. The minimum atomic E-state index is -0.583. The smallest absolute Gasteiger partial charge is 0.319 e. The molecule has 0 aromatic rings. The van der Waals surface area contributed by atoms with Crippen molar-refractivity contribution in [1.82, 2.24) is 0 Å². The fraction of sp³-hybridized carbons (Fsp3) is 0. The standard InChI is InChI=1S/6CH4N2O.Cr/c6*2-1(3)4;/h6*(H4,2,3,4);/p+6. The quantitative estimate of drug-likeness (QED) is 0.181. The predicted molar refractivity (Wildman–Crippen MR) is 74.8 cm³/mol. The molecule has 12 amide bonds. The van der Waals surface area contributed by atoms with E-state index in [2.05, 4.69) is 68.8 Å². The van der Waals surface area contributed by atoms with Crippen LogP contribution in [0.3, 0.4) is 0 Å². The number of primary amides is 6. The number of quaternary nitrogens is 6. The maximum absolute atomic E-state index is 9.11. The van der Waals surface area contributed by atoms with Crippen molar-refractivity contribution in [3.63, 3.8) is 0 Å². The number of urea groups is 6. The van der Waals surface area contributed by atoms with Gasteiger partial charge in [-0.15, -0.1) is 0 Å². The summed E-state index contributed by atoms with van der Waals surface area (Å²) in [7, 11) is 0. The predicted octanol–water partition coefficient (Wildman–Crippen LogP) is -10.2. The maximum atomic E-state index is 9.11. The first-order chi connectivity index (χ1) is 10.4. The van der Waals surface area contributed by atoms with Crippen LogP contribution in [-0.4, -0.2) is 36.2 Å². The molecule has 0 unspecified atom stereocenters. The normalized spacial score (nSPS) is 6.00. The summed E-state index contributed by atoms with van der Waals surface area (Å²) in [6.07, 6.45) is 0. The minimum absolute atomic E-state index is 0. The van der Waals surface area contributed by atoms with Crippen molar-refractivity contribution < 1.29 is 80.5 Å². The summed E-state index contributed by atoms with van der Waals surface area (Å²) in [5.74, 6) is 0. The van der Waals surface area contributed by atoms with E-state index in [0.717, 1.165) is 0 Å². The van der Waals surface area contributed by atoms with Crippen LogP contribution in [0.1, 0.15) is 0 Å². The molecule has 0 saturated carbocycles. The van der Waals surface area contributed by atoms with Gasteiger partial charge in [0.05, 0.1) is 0 Å². The number of carbonyl (C=O) groups is 6. The van der Waals surface area contributed by atoms with E-state index >= 15 is 0 Å². The summed E-state index contributed by atoms with van der Waals surface area (Å²) in [4.78, 5) is 54.7. The van der Waals surface area contributed by atoms with Crippen molar-refractivity contribution in [2.24, 2.45) is 34.4 Å². The van der Waals surface area contributed by atoms with Gasteiger partial charge in [0.2, 0.25) is 0 Å². The molecule has 0 atom stereocenters. The van der Waals surface area contributed by atoms with E-state index in [1.807, 2.05) is 0 Å². The Kier molecular flexibility index (Phi) is 64.6. The second kappa shape index (κ2) is 37.4. The van der Waals surface area contributed by atoms with E-state index in [4.69, 9.17) is 28.8 Å². The Bertz CT molecular complexity index is 273. The SMILES string of the molecule is NC([NH3+])=O.NC([NH3+])=O.NC([NH3+])=O.NC([NH3+])=O.NC([NH3+])=O.NC([NH3+])=O.[Cr]. The number of hydrogen-bond donors (Lipinski definition) is 12. The summed E-state index contributed by atoms with van der Waals surface area (Å²) >= 11 is 0. The van der Waals surface area contributed by atoms with E-state index in [9.17, 15) is 0 Å². The molecule has 0 aliphatic heterocycles. The largest absolute Gasteiger partial charge is 0.409 e. The average molecular weight is 418 g/mol. The molecule has 0 aromatic carbocycles. The van der Waals surface area contributed by atoms with Crippen LogP contribution in [0.2, 0.25) is 0 Å². The van der Waals surface area contributed by atoms with Gasteiger partial charge in [0.1, 0.15) is 0 Å². The molecular formula is C6H30CrN12O6+6. The van der Waals surface area contributed by atoms with Crippen LogP contribution >= 0.6 is 0 Å². The van der Waals surface area contributed by atoms with E-state index in [-0.39, 0.29) is 17.4 Å². The van der Waals surface area contributed by atoms with Crippen LogP contribution in [-0.2, 0) is 17.4 Å². The first kappa shape index (κ1) is 43.2. The molecule has 0 aliphatic rings. The van der Waals surface area contributed by atoms with Crippen molar-refractivity contribution in [1.29, 1.82) is 0 Å². The van der Waals surface area contributed by atoms with Crippen molar-refractivity contribution in [2.75, 3.05) is 0 Å². The molecule has 0 rings (SSSR count). The van der Waals surface area contributed by atoms with Gasteiger partial charge in [-0.05, 0) is 0 Å². The Morgan fingerprint density at radius 1 is 0.360 bits per heavy atom. The molecule has 0 bridgehead atoms. The molecular weight excluding hydrogens is 388 g/mol. The van der Waals surface area contributed by atoms with Crippen molar-refractivity contribution in [3.05, 3.63) is 0 Å². The minimum Gasteiger partial charge on any atom is -0.319 e. The van der Waals surface area contributed by atoms with Crippen molar-refractivity contribution >= 4 is 36.2 Å². The number of nitrogens with two attached hydrogens (primary N) is 6. The van der Waals surface area contributed by atoms with E-state index in [1.54, 1.807) is 0 Å². The summed E-state index contributed by atoms with van der Waals surface area (Å²) in [6.45, 7) is 0. The first-order valence-electron chi connectivity index (χ1n) is 5.08. The van der Waals surface area contributed by atoms with E-state index in [0.29, 0.717) is 0 Å². The first-order valence-corrected chi connectivity index (χ1v) is 5.08. The zero-order valence-corrected chi connectivity index (χ0v) is 14.8. The molecule has 0 heterocycles. The zero-order valence-electron chi connectivity index (χ0n) is 13.6. The van der Waals surface area contributed by atoms with E-state index < -0.39 is 36.2 Å². The van der Waals surface area contributed by atoms with E-state index in [1.165, 1.54) is 0 Å². The average Bonchev–Trinajstić information content (AvgIpc) is 2.08. The second-order valence-corrected chi connectivity index (χ2v) is 2.80. The van der Waals surface area contributed by atoms with Gasteiger partial charge in [-0.3, -0.25) is 34.4 Å². The van der Waals surface area contributed by atoms with Crippen LogP contribution in [0.5, 0.6) is 0 Å². The number of hydrogen-bond acceptors (Lipinski definition) is 6. The van der Waals surface area contributed by atoms with Crippen LogP contribution in [0, 0.1) is 0 Å². The van der Waals surface area contributed by atoms with Gasteiger partial charge in [0, 0.05) is 17.4 Å². The Labute approximate surface area is 152 Å². The molecule has 0 fully saturated rings. The summed E-state index contributed by atoms with van der Waals surface area (Å²) in [6, 6.07) is -3.50. The van der Waals surface area contributed by atoms with Crippen molar-refractivity contribution in [2.45, 2.75) is 0 Å². The van der Waals surface area contributed by atoms with Crippen LogP contribution in [0.4, 0.5) is 28.8 Å². The summed E-state index contributed by atoms with van der Waals surface area (Å²) in [5.41, 5.74) is 42.8. The number of rotatable bonds is 0. The van der Waals surface area contributed by atoms with Gasteiger partial charge < -0.3 is 34.4 Å². The summed E-state index contributed by atoms with van der Waals surface area (Å²) in [5, 5.41) is 0. The third-order valence-electron chi connectivity index (χ3n) is 0. The topological polar surface area (TPSA) is 424 Å². The summed E-state index contributed by atoms with van der Waals surface area (Å²) < 4.78 is 0. The van der Waals surface area contributed by atoms with Crippen molar-refractivity contribution in [3.8, 4) is 0 Å². The molecule has 0 radical (unpaired) electrons. The number of carbonyl (C=O) groups excluding carboxylic acids is 6. The third-order valence-corrected chi connectivity index (χ3v) is 0.